The smallest absolute Gasteiger partial charge is 0.216 e. The van der Waals surface area contributed by atoms with E-state index in [4.69, 9.17) is 17.0 Å². The van der Waals surface area contributed by atoms with E-state index in [1.165, 1.54) is 30.1 Å². The van der Waals surface area contributed by atoms with Crippen molar-refractivity contribution in [3.05, 3.63) is 58.6 Å². The first-order valence-corrected chi connectivity index (χ1v) is 7.34. The largest absolute Gasteiger partial charge is 0.504 e. The molecule has 0 amide bonds. The lowest BCUT2D eigenvalue weighted by Crippen LogP contribution is -1.96. The Morgan fingerprint density at radius 3 is 2.75 bits per heavy atom. The summed E-state index contributed by atoms with van der Waals surface area (Å²) in [6.07, 6.45) is 1.44. The number of aromatic nitrogens is 3. The lowest BCUT2D eigenvalue weighted by Gasteiger charge is -2.05. The highest BCUT2D eigenvalue weighted by molar-refractivity contribution is 7.71. The summed E-state index contributed by atoms with van der Waals surface area (Å²) >= 11 is 5.17. The van der Waals surface area contributed by atoms with E-state index in [-0.39, 0.29) is 16.3 Å². The van der Waals surface area contributed by atoms with Gasteiger partial charge in [0, 0.05) is 11.1 Å². The molecule has 0 fully saturated rings. The molecule has 122 valence electrons. The van der Waals surface area contributed by atoms with Gasteiger partial charge in [-0.1, -0.05) is 6.07 Å². The maximum atomic E-state index is 13.1. The molecule has 0 aliphatic carbocycles. The van der Waals surface area contributed by atoms with Gasteiger partial charge < -0.3 is 9.84 Å². The molecule has 2 aromatic carbocycles. The van der Waals surface area contributed by atoms with Gasteiger partial charge in [-0.15, -0.1) is 0 Å². The first kappa shape index (κ1) is 15.9. The minimum Gasteiger partial charge on any atom is -0.504 e. The molecule has 6 nitrogen and oxygen atoms in total. The van der Waals surface area contributed by atoms with E-state index in [0.717, 1.165) is 0 Å². The molecular weight excluding hydrogens is 331 g/mol. The second-order valence-electron chi connectivity index (χ2n) is 4.81. The normalized spacial score (nSPS) is 11.1. The number of nitrogens with one attached hydrogen (secondary N) is 1. The number of para-hydroxylation sites is 1. The zero-order chi connectivity index (χ0) is 17.1. The number of methoxy groups -OCH3 is 1. The van der Waals surface area contributed by atoms with Gasteiger partial charge in [0.05, 0.1) is 13.3 Å². The predicted molar refractivity (Wildman–Crippen MR) is 90.5 cm³/mol. The van der Waals surface area contributed by atoms with Gasteiger partial charge >= 0.3 is 0 Å². The van der Waals surface area contributed by atoms with Crippen molar-refractivity contribution in [3.8, 4) is 22.9 Å². The highest BCUT2D eigenvalue weighted by Crippen LogP contribution is 2.28. The standard InChI is InChI=1S/C16H13FN4O2S/c1-23-13-4-2-3-11(14(13)22)9-18-21-15(19-20-16(21)24)10-5-7-12(17)8-6-10/h2-9,22H,1H3,(H,20,24). The third kappa shape index (κ3) is 3.04. The molecule has 0 aliphatic heterocycles. The monoisotopic (exact) mass is 344 g/mol. The molecule has 0 bridgehead atoms. The molecule has 0 atom stereocenters. The van der Waals surface area contributed by atoms with Crippen LogP contribution in [-0.2, 0) is 0 Å². The van der Waals surface area contributed by atoms with Crippen molar-refractivity contribution in [3.63, 3.8) is 0 Å². The first-order chi connectivity index (χ1) is 11.6. The third-order valence-corrected chi connectivity index (χ3v) is 3.58. The lowest BCUT2D eigenvalue weighted by molar-refractivity contribution is 0.373. The molecule has 0 aliphatic rings. The zero-order valence-corrected chi connectivity index (χ0v) is 13.4. The number of rotatable bonds is 4. The number of halogens is 1. The number of benzene rings is 2. The molecule has 0 saturated carbocycles. The Labute approximate surface area is 141 Å². The summed E-state index contributed by atoms with van der Waals surface area (Å²) in [6.45, 7) is 0. The van der Waals surface area contributed by atoms with Gasteiger partial charge in [0.2, 0.25) is 4.77 Å². The molecule has 2 N–H and O–H groups in total. The van der Waals surface area contributed by atoms with Crippen LogP contribution in [0.15, 0.2) is 47.6 Å². The Bertz CT molecular complexity index is 947. The summed E-state index contributed by atoms with van der Waals surface area (Å²) in [4.78, 5) is 0. The van der Waals surface area contributed by atoms with Crippen molar-refractivity contribution in [2.24, 2.45) is 5.10 Å². The van der Waals surface area contributed by atoms with Gasteiger partial charge in [-0.05, 0) is 48.6 Å². The molecule has 8 heteroatoms. The predicted octanol–water partition coefficient (Wildman–Crippen LogP) is 3.34. The van der Waals surface area contributed by atoms with E-state index >= 15 is 0 Å². The van der Waals surface area contributed by atoms with Crippen LogP contribution in [0.1, 0.15) is 5.56 Å². The molecule has 0 unspecified atom stereocenters. The number of phenols is 1. The Morgan fingerprint density at radius 2 is 2.04 bits per heavy atom. The van der Waals surface area contributed by atoms with Crippen LogP contribution in [0, 0.1) is 10.6 Å². The number of phenolic OH excluding ortho intramolecular Hbond substituents is 1. The molecule has 24 heavy (non-hydrogen) atoms. The van der Waals surface area contributed by atoms with Crippen molar-refractivity contribution in [1.29, 1.82) is 0 Å². The van der Waals surface area contributed by atoms with Crippen LogP contribution < -0.4 is 4.74 Å². The molecule has 0 spiro atoms. The highest BCUT2D eigenvalue weighted by Gasteiger charge is 2.09. The fraction of sp³-hybridized carbons (Fsp3) is 0.0625. The van der Waals surface area contributed by atoms with Crippen LogP contribution in [-0.4, -0.2) is 33.3 Å². The second-order valence-corrected chi connectivity index (χ2v) is 5.20. The van der Waals surface area contributed by atoms with Gasteiger partial charge in [0.15, 0.2) is 17.3 Å². The molecule has 0 radical (unpaired) electrons. The van der Waals surface area contributed by atoms with Gasteiger partial charge in [-0.25, -0.2) is 9.49 Å². The maximum Gasteiger partial charge on any atom is 0.216 e. The van der Waals surface area contributed by atoms with Crippen molar-refractivity contribution < 1.29 is 14.2 Å². The SMILES string of the molecule is COc1cccc(C=Nn2c(-c3ccc(F)cc3)n[nH]c2=S)c1O. The van der Waals surface area contributed by atoms with E-state index in [1.807, 2.05) is 0 Å². The van der Waals surface area contributed by atoms with Crippen molar-refractivity contribution in [2.75, 3.05) is 7.11 Å². The molecule has 0 saturated heterocycles. The van der Waals surface area contributed by atoms with Crippen LogP contribution in [0.25, 0.3) is 11.4 Å². The van der Waals surface area contributed by atoms with Crippen molar-refractivity contribution >= 4 is 18.4 Å². The minimum absolute atomic E-state index is 0.0258. The Balaban J connectivity index is 2.01. The average Bonchev–Trinajstić information content (AvgIpc) is 2.95. The summed E-state index contributed by atoms with van der Waals surface area (Å²) in [7, 11) is 1.47. The quantitative estimate of drug-likeness (QED) is 0.562. The fourth-order valence-electron chi connectivity index (χ4n) is 2.11. The second kappa shape index (κ2) is 6.63. The molecule has 3 rings (SSSR count). The Morgan fingerprint density at radius 1 is 1.29 bits per heavy atom. The number of H-pyrrole nitrogens is 1. The van der Waals surface area contributed by atoms with Crippen LogP contribution >= 0.6 is 12.2 Å². The fourth-order valence-corrected chi connectivity index (χ4v) is 2.29. The van der Waals surface area contributed by atoms with Gasteiger partial charge in [-0.3, -0.25) is 0 Å². The maximum absolute atomic E-state index is 13.1. The summed E-state index contributed by atoms with van der Waals surface area (Å²) in [6, 6.07) is 10.9. The minimum atomic E-state index is -0.343. The summed E-state index contributed by atoms with van der Waals surface area (Å²) in [5.41, 5.74) is 1.11. The topological polar surface area (TPSA) is 75.4 Å². The number of hydrogen-bond donors (Lipinski definition) is 2. The van der Waals surface area contributed by atoms with Crippen LogP contribution in [0.4, 0.5) is 4.39 Å². The Kier molecular flexibility index (Phi) is 4.39. The van der Waals surface area contributed by atoms with Crippen LogP contribution in [0.3, 0.4) is 0 Å². The molecule has 1 heterocycles. The Hall–Kier alpha value is -3.00. The number of aromatic amines is 1. The van der Waals surface area contributed by atoms with Gasteiger partial charge in [0.25, 0.3) is 0 Å². The van der Waals surface area contributed by atoms with E-state index in [2.05, 4.69) is 15.3 Å². The van der Waals surface area contributed by atoms with E-state index in [0.29, 0.717) is 22.7 Å². The van der Waals surface area contributed by atoms with Crippen molar-refractivity contribution in [1.82, 2.24) is 14.9 Å². The highest BCUT2D eigenvalue weighted by atomic mass is 32.1. The zero-order valence-electron chi connectivity index (χ0n) is 12.6. The third-order valence-electron chi connectivity index (χ3n) is 3.32. The van der Waals surface area contributed by atoms with Crippen molar-refractivity contribution in [2.45, 2.75) is 0 Å². The first-order valence-electron chi connectivity index (χ1n) is 6.94. The number of ether oxygens (including phenoxy) is 1. The number of aromatic hydroxyl groups is 1. The summed E-state index contributed by atoms with van der Waals surface area (Å²) in [5.74, 6) is 0.401. The number of nitrogens with zero attached hydrogens (tertiary/aromatic N) is 3. The van der Waals surface area contributed by atoms with Crippen LogP contribution in [0.2, 0.25) is 0 Å². The van der Waals surface area contributed by atoms with Gasteiger partial charge in [-0.2, -0.15) is 14.9 Å². The van der Waals surface area contributed by atoms with E-state index in [9.17, 15) is 9.50 Å². The van der Waals surface area contributed by atoms with Crippen LogP contribution in [0.5, 0.6) is 11.5 Å². The van der Waals surface area contributed by atoms with E-state index in [1.54, 1.807) is 30.3 Å². The van der Waals surface area contributed by atoms with Gasteiger partial charge in [0.1, 0.15) is 5.82 Å². The molecule has 3 aromatic rings. The average molecular weight is 344 g/mol. The summed E-state index contributed by atoms with van der Waals surface area (Å²) in [5, 5.41) is 21.1. The number of hydrogen-bond acceptors (Lipinski definition) is 5. The summed E-state index contributed by atoms with van der Waals surface area (Å²) < 4.78 is 19.8. The molecular formula is C16H13FN4O2S. The van der Waals surface area contributed by atoms with E-state index < -0.39 is 0 Å². The lowest BCUT2D eigenvalue weighted by atomic mass is 10.2. The molecule has 1 aromatic heterocycles.